The summed E-state index contributed by atoms with van der Waals surface area (Å²) >= 11 is 3.41. The Morgan fingerprint density at radius 3 is 2.96 bits per heavy atom. The van der Waals surface area contributed by atoms with Crippen molar-refractivity contribution in [1.29, 1.82) is 0 Å². The number of carbonyl (C=O) groups is 1. The summed E-state index contributed by atoms with van der Waals surface area (Å²) in [5.74, 6) is -0.121. The third-order valence-electron chi connectivity index (χ3n) is 3.37. The summed E-state index contributed by atoms with van der Waals surface area (Å²) in [6, 6.07) is 7.61. The lowest BCUT2D eigenvalue weighted by Gasteiger charge is -2.15. The number of hydrogen-bond acceptors (Lipinski definition) is 6. The number of carbonyl (C=O) groups excluding carboxylic acids is 1. The van der Waals surface area contributed by atoms with Gasteiger partial charge in [0.2, 0.25) is 5.95 Å². The minimum absolute atomic E-state index is 0.144. The first kappa shape index (κ1) is 16.2. The zero-order chi connectivity index (χ0) is 17.3. The van der Waals surface area contributed by atoms with Gasteiger partial charge in [0.25, 0.3) is 11.3 Å². The van der Waals surface area contributed by atoms with Crippen LogP contribution in [0.15, 0.2) is 39.7 Å². The molecule has 9 heteroatoms. The maximum absolute atomic E-state index is 12.4. The zero-order valence-electron chi connectivity index (χ0n) is 13.0. The second-order valence-electron chi connectivity index (χ2n) is 4.92. The van der Waals surface area contributed by atoms with Crippen LogP contribution in [0, 0.1) is 0 Å². The van der Waals surface area contributed by atoms with E-state index < -0.39 is 11.5 Å². The Bertz CT molecular complexity index is 965. The van der Waals surface area contributed by atoms with Gasteiger partial charge in [-0.3, -0.25) is 9.89 Å². The van der Waals surface area contributed by atoms with Gasteiger partial charge < -0.3 is 9.64 Å². The zero-order valence-corrected chi connectivity index (χ0v) is 14.6. The van der Waals surface area contributed by atoms with Crippen LogP contribution in [0.4, 0.5) is 11.6 Å². The highest BCUT2D eigenvalue weighted by molar-refractivity contribution is 9.10. The van der Waals surface area contributed by atoms with E-state index in [2.05, 4.69) is 31.0 Å². The first-order valence-electron chi connectivity index (χ1n) is 7.15. The molecular weight excluding hydrogens is 378 g/mol. The Kier molecular flexibility index (Phi) is 4.34. The van der Waals surface area contributed by atoms with Crippen LogP contribution in [0.25, 0.3) is 5.78 Å². The molecule has 0 radical (unpaired) electrons. The number of hydrogen-bond donors (Lipinski definition) is 1. The quantitative estimate of drug-likeness (QED) is 0.684. The third kappa shape index (κ3) is 2.90. The first-order chi connectivity index (χ1) is 11.5. The van der Waals surface area contributed by atoms with Gasteiger partial charge >= 0.3 is 5.97 Å². The number of ether oxygens (including phenoxy) is 1. The predicted octanol–water partition coefficient (Wildman–Crippen LogP) is 2.12. The molecule has 0 aliphatic heterocycles. The standard InChI is InChI=1S/C15H14BrN5O3/c1-3-24-13(23)11-8-17-14-18-15(19-21(14)12(11)22)20(2)10-6-4-5-9(16)7-10/h4-8H,3H2,1-2H3,(H,17,18,19). The maximum Gasteiger partial charge on any atom is 0.345 e. The van der Waals surface area contributed by atoms with Crippen LogP contribution in [-0.2, 0) is 4.74 Å². The largest absolute Gasteiger partial charge is 0.462 e. The topological polar surface area (TPSA) is 92.6 Å². The Morgan fingerprint density at radius 1 is 1.46 bits per heavy atom. The van der Waals surface area contributed by atoms with Crippen LogP contribution in [0.5, 0.6) is 0 Å². The average molecular weight is 392 g/mol. The highest BCUT2D eigenvalue weighted by Crippen LogP contribution is 2.23. The van der Waals surface area contributed by atoms with Crippen molar-refractivity contribution in [3.8, 4) is 0 Å². The van der Waals surface area contributed by atoms with E-state index in [9.17, 15) is 9.59 Å². The summed E-state index contributed by atoms with van der Waals surface area (Å²) in [6.45, 7) is 1.85. The average Bonchev–Trinajstić information content (AvgIpc) is 3.00. The normalized spacial score (nSPS) is 10.8. The lowest BCUT2D eigenvalue weighted by Crippen LogP contribution is -2.24. The Balaban J connectivity index is 2.04. The van der Waals surface area contributed by atoms with Crippen molar-refractivity contribution in [2.45, 2.75) is 6.92 Å². The van der Waals surface area contributed by atoms with Crippen LogP contribution in [0.2, 0.25) is 0 Å². The molecule has 0 aliphatic carbocycles. The Morgan fingerprint density at radius 2 is 2.25 bits per heavy atom. The van der Waals surface area contributed by atoms with Crippen LogP contribution in [0.3, 0.4) is 0 Å². The van der Waals surface area contributed by atoms with Gasteiger partial charge in [-0.25, -0.2) is 9.78 Å². The number of esters is 1. The fourth-order valence-corrected chi connectivity index (χ4v) is 2.54. The van der Waals surface area contributed by atoms with Gasteiger partial charge in [-0.1, -0.05) is 22.0 Å². The van der Waals surface area contributed by atoms with Crippen molar-refractivity contribution in [2.75, 3.05) is 18.6 Å². The monoisotopic (exact) mass is 391 g/mol. The van der Waals surface area contributed by atoms with Crippen molar-refractivity contribution in [3.05, 3.63) is 50.9 Å². The molecule has 124 valence electrons. The Hall–Kier alpha value is -2.68. The van der Waals surface area contributed by atoms with Crippen molar-refractivity contribution in [3.63, 3.8) is 0 Å². The van der Waals surface area contributed by atoms with E-state index in [1.807, 2.05) is 24.3 Å². The van der Waals surface area contributed by atoms with E-state index >= 15 is 0 Å². The van der Waals surface area contributed by atoms with Gasteiger partial charge in [0, 0.05) is 17.2 Å². The number of aromatic nitrogens is 4. The summed E-state index contributed by atoms with van der Waals surface area (Å²) < 4.78 is 6.89. The lowest BCUT2D eigenvalue weighted by molar-refractivity contribution is 0.0523. The molecular formula is C15H14BrN5O3. The molecule has 3 rings (SSSR count). The number of anilines is 2. The molecule has 8 nitrogen and oxygen atoms in total. The lowest BCUT2D eigenvalue weighted by atomic mass is 10.3. The summed E-state index contributed by atoms with van der Waals surface area (Å²) in [5, 5.41) is 2.85. The van der Waals surface area contributed by atoms with Gasteiger partial charge in [-0.15, -0.1) is 0 Å². The molecule has 0 spiro atoms. The molecule has 2 aromatic heterocycles. The van der Waals surface area contributed by atoms with E-state index in [1.165, 1.54) is 6.20 Å². The number of aromatic amines is 1. The molecule has 0 unspecified atom stereocenters. The van der Waals surface area contributed by atoms with Crippen molar-refractivity contribution in [1.82, 2.24) is 19.6 Å². The molecule has 24 heavy (non-hydrogen) atoms. The first-order valence-corrected chi connectivity index (χ1v) is 7.94. The number of nitrogens with one attached hydrogen (secondary N) is 1. The molecule has 0 atom stereocenters. The van der Waals surface area contributed by atoms with Gasteiger partial charge in [0.05, 0.1) is 12.8 Å². The number of rotatable bonds is 4. The molecule has 1 N–H and O–H groups in total. The number of halogens is 1. The van der Waals surface area contributed by atoms with Crippen molar-refractivity contribution >= 4 is 39.3 Å². The molecule has 0 saturated heterocycles. The van der Waals surface area contributed by atoms with Crippen LogP contribution < -0.4 is 10.5 Å². The minimum Gasteiger partial charge on any atom is -0.462 e. The number of fused-ring (bicyclic) bond motifs is 1. The number of nitrogens with zero attached hydrogens (tertiary/aromatic N) is 4. The van der Waals surface area contributed by atoms with Crippen LogP contribution in [0.1, 0.15) is 17.3 Å². The van der Waals surface area contributed by atoms with Crippen LogP contribution in [-0.4, -0.2) is 39.2 Å². The van der Waals surface area contributed by atoms with Crippen LogP contribution >= 0.6 is 15.9 Å². The highest BCUT2D eigenvalue weighted by atomic mass is 79.9. The number of H-pyrrole nitrogens is 1. The molecule has 2 heterocycles. The minimum atomic E-state index is -0.708. The highest BCUT2D eigenvalue weighted by Gasteiger charge is 2.18. The third-order valence-corrected chi connectivity index (χ3v) is 3.86. The van der Waals surface area contributed by atoms with E-state index in [0.717, 1.165) is 14.7 Å². The summed E-state index contributed by atoms with van der Waals surface area (Å²) in [6.07, 6.45) is 1.18. The number of benzene rings is 1. The molecule has 0 amide bonds. The molecule has 0 fully saturated rings. The molecule has 3 aromatic rings. The SMILES string of the molecule is CCOC(=O)c1cnc2nc(N(C)c3cccc(Br)c3)[nH]n2c1=O. The molecule has 0 saturated carbocycles. The Labute approximate surface area is 145 Å². The second-order valence-corrected chi connectivity index (χ2v) is 5.83. The van der Waals surface area contributed by atoms with Crippen molar-refractivity contribution in [2.24, 2.45) is 0 Å². The smallest absolute Gasteiger partial charge is 0.345 e. The molecule has 1 aromatic carbocycles. The molecule has 0 bridgehead atoms. The fraction of sp³-hybridized carbons (Fsp3) is 0.200. The summed E-state index contributed by atoms with van der Waals surface area (Å²) in [7, 11) is 1.80. The second kappa shape index (κ2) is 6.44. The van der Waals surface area contributed by atoms with E-state index in [1.54, 1.807) is 18.9 Å². The summed E-state index contributed by atoms with van der Waals surface area (Å²) in [4.78, 5) is 34.3. The summed E-state index contributed by atoms with van der Waals surface area (Å²) in [5.41, 5.74) is 0.164. The van der Waals surface area contributed by atoms with Gasteiger partial charge in [-0.05, 0) is 25.1 Å². The van der Waals surface area contributed by atoms with Gasteiger partial charge in [0.1, 0.15) is 5.56 Å². The van der Waals surface area contributed by atoms with Crippen molar-refractivity contribution < 1.29 is 9.53 Å². The van der Waals surface area contributed by atoms with Gasteiger partial charge in [0.15, 0.2) is 0 Å². The van der Waals surface area contributed by atoms with E-state index in [0.29, 0.717) is 5.95 Å². The van der Waals surface area contributed by atoms with E-state index in [-0.39, 0.29) is 17.9 Å². The fourth-order valence-electron chi connectivity index (χ4n) is 2.15. The molecule has 0 aliphatic rings. The van der Waals surface area contributed by atoms with Gasteiger partial charge in [-0.2, -0.15) is 9.50 Å². The maximum atomic E-state index is 12.4. The predicted molar refractivity (Wildman–Crippen MR) is 91.8 cm³/mol. The van der Waals surface area contributed by atoms with E-state index in [4.69, 9.17) is 4.74 Å².